The average Bonchev–Trinajstić information content (AvgIpc) is 3.20. The number of nitrogens with zero attached hydrogens (tertiary/aromatic N) is 4. The number of nitro groups is 1. The van der Waals surface area contributed by atoms with Gasteiger partial charge in [0.1, 0.15) is 5.37 Å². The van der Waals surface area contributed by atoms with Crippen molar-refractivity contribution in [2.45, 2.75) is 5.37 Å². The van der Waals surface area contributed by atoms with Crippen molar-refractivity contribution in [3.05, 3.63) is 105 Å². The SMILES string of the molecule is O=C1CSC(c2cccc([N+](=O)[O-])c2)N1n1c(-c2ccccc2)nc2ccccc2c1=O. The van der Waals surface area contributed by atoms with Gasteiger partial charge in [-0.1, -0.05) is 54.6 Å². The Morgan fingerprint density at radius 1 is 0.969 bits per heavy atom. The maximum atomic E-state index is 13.6. The van der Waals surface area contributed by atoms with Gasteiger partial charge in [-0.25, -0.2) is 9.99 Å². The van der Waals surface area contributed by atoms with Crippen LogP contribution in [0.3, 0.4) is 0 Å². The van der Waals surface area contributed by atoms with Gasteiger partial charge in [-0.3, -0.25) is 19.7 Å². The number of rotatable bonds is 4. The number of carbonyl (C=O) groups excluding carboxylic acids is 1. The van der Waals surface area contributed by atoms with Gasteiger partial charge in [0.2, 0.25) is 0 Å². The van der Waals surface area contributed by atoms with Crippen molar-refractivity contribution in [2.24, 2.45) is 0 Å². The van der Waals surface area contributed by atoms with Crippen molar-refractivity contribution < 1.29 is 9.72 Å². The van der Waals surface area contributed by atoms with Crippen LogP contribution < -0.4 is 10.6 Å². The molecule has 0 radical (unpaired) electrons. The maximum absolute atomic E-state index is 13.6. The molecule has 2 heterocycles. The van der Waals surface area contributed by atoms with E-state index in [1.165, 1.54) is 33.6 Å². The third-order valence-corrected chi connectivity index (χ3v) is 6.41. The summed E-state index contributed by atoms with van der Waals surface area (Å²) in [6.45, 7) is 0. The van der Waals surface area contributed by atoms with E-state index in [-0.39, 0.29) is 22.9 Å². The molecule has 1 atom stereocenters. The van der Waals surface area contributed by atoms with Crippen LogP contribution in [-0.4, -0.2) is 26.2 Å². The fourth-order valence-electron chi connectivity index (χ4n) is 3.76. The summed E-state index contributed by atoms with van der Waals surface area (Å²) in [4.78, 5) is 42.2. The fraction of sp³-hybridized carbons (Fsp3) is 0.0870. The molecular weight excluding hydrogens is 428 g/mol. The average molecular weight is 444 g/mol. The lowest BCUT2D eigenvalue weighted by Crippen LogP contribution is -2.46. The number of carbonyl (C=O) groups is 1. The Morgan fingerprint density at radius 3 is 2.50 bits per heavy atom. The molecule has 0 N–H and O–H groups in total. The van der Waals surface area contributed by atoms with Gasteiger partial charge in [0.05, 0.1) is 21.6 Å². The van der Waals surface area contributed by atoms with E-state index in [0.29, 0.717) is 27.9 Å². The fourth-order valence-corrected chi connectivity index (χ4v) is 4.89. The van der Waals surface area contributed by atoms with Crippen molar-refractivity contribution >= 4 is 34.3 Å². The Labute approximate surface area is 186 Å². The summed E-state index contributed by atoms with van der Waals surface area (Å²) in [5.41, 5.74) is 1.32. The van der Waals surface area contributed by atoms with E-state index in [4.69, 9.17) is 4.98 Å². The summed E-state index contributed by atoms with van der Waals surface area (Å²) < 4.78 is 1.31. The van der Waals surface area contributed by atoms with Crippen LogP contribution in [0.2, 0.25) is 0 Å². The van der Waals surface area contributed by atoms with Crippen molar-refractivity contribution in [1.29, 1.82) is 0 Å². The first kappa shape index (κ1) is 20.0. The summed E-state index contributed by atoms with van der Waals surface area (Å²) in [6.07, 6.45) is 0. The second kappa shape index (κ2) is 7.93. The minimum absolute atomic E-state index is 0.0744. The molecule has 158 valence electrons. The Kier molecular flexibility index (Phi) is 4.95. The molecule has 1 aliphatic rings. The number of amides is 1. The minimum Gasteiger partial charge on any atom is -0.272 e. The Balaban J connectivity index is 1.76. The number of thioether (sulfide) groups is 1. The van der Waals surface area contributed by atoms with Crippen LogP contribution in [0.4, 0.5) is 5.69 Å². The zero-order valence-corrected chi connectivity index (χ0v) is 17.4. The third kappa shape index (κ3) is 3.32. The molecule has 1 aromatic heterocycles. The van der Waals surface area contributed by atoms with Gasteiger partial charge in [-0.05, 0) is 17.7 Å². The second-order valence-corrected chi connectivity index (χ2v) is 8.26. The number of para-hydroxylation sites is 1. The van der Waals surface area contributed by atoms with Crippen LogP contribution in [0.1, 0.15) is 10.9 Å². The summed E-state index contributed by atoms with van der Waals surface area (Å²) in [5, 5.41) is 12.4. The van der Waals surface area contributed by atoms with Gasteiger partial charge >= 0.3 is 0 Å². The highest BCUT2D eigenvalue weighted by molar-refractivity contribution is 8.00. The van der Waals surface area contributed by atoms with Crippen LogP contribution in [0, 0.1) is 10.1 Å². The van der Waals surface area contributed by atoms with E-state index in [9.17, 15) is 19.7 Å². The van der Waals surface area contributed by atoms with Gasteiger partial charge in [0.15, 0.2) is 5.82 Å². The van der Waals surface area contributed by atoms with Crippen molar-refractivity contribution in [2.75, 3.05) is 10.8 Å². The zero-order valence-electron chi connectivity index (χ0n) is 16.6. The van der Waals surface area contributed by atoms with Crippen LogP contribution >= 0.6 is 11.8 Å². The maximum Gasteiger partial charge on any atom is 0.280 e. The van der Waals surface area contributed by atoms with E-state index in [2.05, 4.69) is 0 Å². The first-order chi connectivity index (χ1) is 15.5. The van der Waals surface area contributed by atoms with E-state index in [1.54, 1.807) is 36.4 Å². The highest BCUT2D eigenvalue weighted by atomic mass is 32.2. The summed E-state index contributed by atoms with van der Waals surface area (Å²) in [5.74, 6) is 0.198. The zero-order chi connectivity index (χ0) is 22.2. The van der Waals surface area contributed by atoms with E-state index in [1.807, 2.05) is 30.3 Å². The van der Waals surface area contributed by atoms with Crippen molar-refractivity contribution in [1.82, 2.24) is 9.66 Å². The van der Waals surface area contributed by atoms with E-state index >= 15 is 0 Å². The lowest BCUT2D eigenvalue weighted by molar-refractivity contribution is -0.384. The van der Waals surface area contributed by atoms with Crippen LogP contribution in [0.15, 0.2) is 83.7 Å². The predicted octanol–water partition coefficient (Wildman–Crippen LogP) is 3.88. The lowest BCUT2D eigenvalue weighted by Gasteiger charge is -2.28. The highest BCUT2D eigenvalue weighted by Gasteiger charge is 2.37. The number of hydrogen-bond acceptors (Lipinski definition) is 6. The summed E-state index contributed by atoms with van der Waals surface area (Å²) >= 11 is 1.31. The number of hydrogen-bond donors (Lipinski definition) is 0. The number of benzene rings is 3. The molecule has 8 nitrogen and oxygen atoms in total. The normalized spacial score (nSPS) is 15.9. The number of nitro benzene ring substituents is 1. The van der Waals surface area contributed by atoms with Crippen LogP contribution in [0.5, 0.6) is 0 Å². The topological polar surface area (TPSA) is 98.3 Å². The molecule has 1 amide bonds. The first-order valence-corrected chi connectivity index (χ1v) is 10.8. The summed E-state index contributed by atoms with van der Waals surface area (Å²) in [6, 6.07) is 22.3. The third-order valence-electron chi connectivity index (χ3n) is 5.21. The molecule has 9 heteroatoms. The first-order valence-electron chi connectivity index (χ1n) is 9.80. The quantitative estimate of drug-likeness (QED) is 0.350. The molecule has 3 aromatic carbocycles. The highest BCUT2D eigenvalue weighted by Crippen LogP contribution is 2.39. The predicted molar refractivity (Wildman–Crippen MR) is 123 cm³/mol. The molecule has 0 bridgehead atoms. The van der Waals surface area contributed by atoms with Crippen molar-refractivity contribution in [3.63, 3.8) is 0 Å². The van der Waals surface area contributed by atoms with Crippen LogP contribution in [0.25, 0.3) is 22.3 Å². The molecule has 0 spiro atoms. The molecular formula is C23H16N4O4S. The molecule has 1 unspecified atom stereocenters. The Bertz CT molecular complexity index is 1420. The molecule has 32 heavy (non-hydrogen) atoms. The monoisotopic (exact) mass is 444 g/mol. The van der Waals surface area contributed by atoms with Gasteiger partial charge < -0.3 is 0 Å². The van der Waals surface area contributed by atoms with Crippen molar-refractivity contribution in [3.8, 4) is 11.4 Å². The molecule has 1 saturated heterocycles. The molecule has 4 aromatic rings. The molecule has 0 saturated carbocycles. The number of aromatic nitrogens is 2. The Hall–Kier alpha value is -3.98. The molecule has 0 aliphatic carbocycles. The minimum atomic E-state index is -0.606. The lowest BCUT2D eigenvalue weighted by atomic mass is 10.1. The Morgan fingerprint density at radius 2 is 1.72 bits per heavy atom. The number of non-ortho nitro benzene ring substituents is 1. The second-order valence-electron chi connectivity index (χ2n) is 7.19. The summed E-state index contributed by atoms with van der Waals surface area (Å²) in [7, 11) is 0. The van der Waals surface area contributed by atoms with E-state index < -0.39 is 10.3 Å². The number of fused-ring (bicyclic) bond motifs is 1. The van der Waals surface area contributed by atoms with Gasteiger partial charge in [0.25, 0.3) is 17.2 Å². The van der Waals surface area contributed by atoms with E-state index in [0.717, 1.165) is 0 Å². The van der Waals surface area contributed by atoms with Gasteiger partial charge in [-0.15, -0.1) is 11.8 Å². The smallest absolute Gasteiger partial charge is 0.272 e. The standard InChI is InChI=1S/C23H16N4O4S/c28-20-14-32-23(16-9-6-10-17(13-16)27(30)31)25(20)26-21(15-7-2-1-3-8-15)24-19-12-5-4-11-18(19)22(26)29/h1-13,23H,14H2. The van der Waals surface area contributed by atoms with Gasteiger partial charge in [-0.2, -0.15) is 4.68 Å². The molecule has 1 fully saturated rings. The molecule has 1 aliphatic heterocycles. The van der Waals surface area contributed by atoms with Gasteiger partial charge in [0, 0.05) is 17.7 Å². The molecule has 5 rings (SSSR count). The van der Waals surface area contributed by atoms with Crippen LogP contribution in [-0.2, 0) is 4.79 Å². The largest absolute Gasteiger partial charge is 0.280 e.